The number of halogens is 1. The molecule has 1 aliphatic heterocycles. The maximum absolute atomic E-state index is 12.8. The summed E-state index contributed by atoms with van der Waals surface area (Å²) in [5.74, 6) is 1.42. The lowest BCUT2D eigenvalue weighted by Crippen LogP contribution is -2.48. The molecular formula is C20H20ClN3O3S. The molecule has 8 heteroatoms. The highest BCUT2D eigenvalue weighted by atomic mass is 35.5. The third kappa shape index (κ3) is 3.47. The van der Waals surface area contributed by atoms with E-state index in [0.717, 1.165) is 28.4 Å². The number of amides is 1. The van der Waals surface area contributed by atoms with E-state index >= 15 is 0 Å². The molecule has 3 aromatic rings. The Bertz CT molecular complexity index is 1020. The van der Waals surface area contributed by atoms with Crippen LogP contribution < -0.4 is 14.4 Å². The fraction of sp³-hybridized carbons (Fsp3) is 0.300. The van der Waals surface area contributed by atoms with Crippen LogP contribution in [0.15, 0.2) is 36.4 Å². The van der Waals surface area contributed by atoms with Gasteiger partial charge in [-0.05, 0) is 30.3 Å². The van der Waals surface area contributed by atoms with Crippen LogP contribution in [0.5, 0.6) is 11.5 Å². The van der Waals surface area contributed by atoms with Gasteiger partial charge in [0.25, 0.3) is 5.91 Å². The minimum atomic E-state index is 0.0209. The molecule has 1 amide bonds. The first-order valence-electron chi connectivity index (χ1n) is 8.92. The lowest BCUT2D eigenvalue weighted by atomic mass is 10.1. The van der Waals surface area contributed by atoms with E-state index in [1.165, 1.54) is 0 Å². The molecule has 2 aromatic carbocycles. The first kappa shape index (κ1) is 18.8. The molecule has 0 atom stereocenters. The van der Waals surface area contributed by atoms with Crippen molar-refractivity contribution in [2.24, 2.45) is 0 Å². The third-order valence-corrected chi connectivity index (χ3v) is 6.40. The normalized spacial score (nSPS) is 14.4. The number of rotatable bonds is 4. The van der Waals surface area contributed by atoms with E-state index in [2.05, 4.69) is 4.90 Å². The van der Waals surface area contributed by atoms with Crippen LogP contribution in [0.2, 0.25) is 5.02 Å². The van der Waals surface area contributed by atoms with Gasteiger partial charge in [0.15, 0.2) is 5.13 Å². The number of ether oxygens (including phenoxy) is 2. The SMILES string of the molecule is COc1cccc(C(=O)N2CCN(c3nc4c(OC)ccc(Cl)c4s3)CC2)c1. The number of methoxy groups -OCH3 is 2. The van der Waals surface area contributed by atoms with Crippen molar-refractivity contribution in [3.05, 3.63) is 47.0 Å². The van der Waals surface area contributed by atoms with Crippen molar-refractivity contribution in [2.45, 2.75) is 0 Å². The lowest BCUT2D eigenvalue weighted by Gasteiger charge is -2.34. The van der Waals surface area contributed by atoms with Crippen LogP contribution >= 0.6 is 22.9 Å². The number of hydrogen-bond acceptors (Lipinski definition) is 6. The van der Waals surface area contributed by atoms with Gasteiger partial charge in [0.05, 0.1) is 23.9 Å². The van der Waals surface area contributed by atoms with E-state index in [0.29, 0.717) is 35.2 Å². The Balaban J connectivity index is 1.49. The van der Waals surface area contributed by atoms with Gasteiger partial charge in [-0.2, -0.15) is 0 Å². The molecule has 146 valence electrons. The zero-order valence-electron chi connectivity index (χ0n) is 15.6. The molecule has 0 aliphatic carbocycles. The van der Waals surface area contributed by atoms with Gasteiger partial charge in [-0.1, -0.05) is 29.0 Å². The smallest absolute Gasteiger partial charge is 0.254 e. The Kier molecular flexibility index (Phi) is 5.28. The maximum Gasteiger partial charge on any atom is 0.254 e. The highest BCUT2D eigenvalue weighted by molar-refractivity contribution is 7.22. The lowest BCUT2D eigenvalue weighted by molar-refractivity contribution is 0.0746. The zero-order valence-corrected chi connectivity index (χ0v) is 17.2. The molecule has 1 aromatic heterocycles. The van der Waals surface area contributed by atoms with Gasteiger partial charge in [-0.3, -0.25) is 4.79 Å². The Morgan fingerprint density at radius 2 is 1.89 bits per heavy atom. The number of fused-ring (bicyclic) bond motifs is 1. The number of nitrogens with zero attached hydrogens (tertiary/aromatic N) is 3. The van der Waals surface area contributed by atoms with Crippen LogP contribution in [0.25, 0.3) is 10.2 Å². The molecule has 28 heavy (non-hydrogen) atoms. The third-order valence-electron chi connectivity index (χ3n) is 4.82. The molecule has 0 radical (unpaired) electrons. The highest BCUT2D eigenvalue weighted by Gasteiger charge is 2.25. The molecular weight excluding hydrogens is 398 g/mol. The predicted octanol–water partition coefficient (Wildman–Crippen LogP) is 3.93. The predicted molar refractivity (Wildman–Crippen MR) is 112 cm³/mol. The maximum atomic E-state index is 12.8. The van der Waals surface area contributed by atoms with E-state index < -0.39 is 0 Å². The minimum absolute atomic E-state index is 0.0209. The van der Waals surface area contributed by atoms with Crippen LogP contribution in [0, 0.1) is 0 Å². The first-order chi connectivity index (χ1) is 13.6. The van der Waals surface area contributed by atoms with Crippen LogP contribution in [0.4, 0.5) is 5.13 Å². The van der Waals surface area contributed by atoms with E-state index in [9.17, 15) is 4.79 Å². The number of piperazine rings is 1. The summed E-state index contributed by atoms with van der Waals surface area (Å²) in [6, 6.07) is 10.9. The topological polar surface area (TPSA) is 54.9 Å². The van der Waals surface area contributed by atoms with Gasteiger partial charge < -0.3 is 19.3 Å². The van der Waals surface area contributed by atoms with Crippen LogP contribution in [0.3, 0.4) is 0 Å². The number of aromatic nitrogens is 1. The second kappa shape index (κ2) is 7.85. The van der Waals surface area contributed by atoms with Crippen molar-refractivity contribution in [3.63, 3.8) is 0 Å². The monoisotopic (exact) mass is 417 g/mol. The molecule has 2 heterocycles. The van der Waals surface area contributed by atoms with E-state index in [-0.39, 0.29) is 5.91 Å². The van der Waals surface area contributed by atoms with Gasteiger partial charge in [0, 0.05) is 31.7 Å². The molecule has 0 N–H and O–H groups in total. The molecule has 0 unspecified atom stereocenters. The molecule has 4 rings (SSSR count). The average Bonchev–Trinajstić information content (AvgIpc) is 3.20. The van der Waals surface area contributed by atoms with E-state index in [4.69, 9.17) is 26.1 Å². The van der Waals surface area contributed by atoms with Crippen molar-refractivity contribution in [1.82, 2.24) is 9.88 Å². The Hall–Kier alpha value is -2.51. The van der Waals surface area contributed by atoms with Gasteiger partial charge in [0.2, 0.25) is 0 Å². The number of carbonyl (C=O) groups excluding carboxylic acids is 1. The van der Waals surface area contributed by atoms with Crippen molar-refractivity contribution in [2.75, 3.05) is 45.3 Å². The summed E-state index contributed by atoms with van der Waals surface area (Å²) in [7, 11) is 3.23. The molecule has 6 nitrogen and oxygen atoms in total. The Morgan fingerprint density at radius 1 is 1.11 bits per heavy atom. The number of carbonyl (C=O) groups is 1. The molecule has 0 spiro atoms. The quantitative estimate of drug-likeness (QED) is 0.643. The van der Waals surface area contributed by atoms with Crippen molar-refractivity contribution >= 4 is 44.2 Å². The number of thiazole rings is 1. The van der Waals surface area contributed by atoms with E-state index in [1.54, 1.807) is 31.6 Å². The molecule has 1 saturated heterocycles. The second-order valence-electron chi connectivity index (χ2n) is 6.44. The molecule has 1 fully saturated rings. The fourth-order valence-electron chi connectivity index (χ4n) is 3.28. The second-order valence-corrected chi connectivity index (χ2v) is 7.82. The summed E-state index contributed by atoms with van der Waals surface area (Å²) >= 11 is 7.88. The average molecular weight is 418 g/mol. The summed E-state index contributed by atoms with van der Waals surface area (Å²) in [4.78, 5) is 21.6. The molecule has 0 saturated carbocycles. The highest BCUT2D eigenvalue weighted by Crippen LogP contribution is 2.38. The summed E-state index contributed by atoms with van der Waals surface area (Å²) in [6.07, 6.45) is 0. The van der Waals surface area contributed by atoms with Crippen molar-refractivity contribution < 1.29 is 14.3 Å². The first-order valence-corrected chi connectivity index (χ1v) is 10.1. The van der Waals surface area contributed by atoms with Crippen LogP contribution in [0.1, 0.15) is 10.4 Å². The molecule has 1 aliphatic rings. The summed E-state index contributed by atoms with van der Waals surface area (Å²) in [5.41, 5.74) is 1.43. The standard InChI is InChI=1S/C20H20ClN3O3S/c1-26-14-5-3-4-13(12-14)19(25)23-8-10-24(11-9-23)20-22-17-16(27-2)7-6-15(21)18(17)28-20/h3-7,12H,8-11H2,1-2H3. The van der Waals surface area contributed by atoms with Gasteiger partial charge in [-0.25, -0.2) is 4.98 Å². The van der Waals surface area contributed by atoms with E-state index in [1.807, 2.05) is 35.2 Å². The summed E-state index contributed by atoms with van der Waals surface area (Å²) < 4.78 is 11.5. The number of benzene rings is 2. The summed E-state index contributed by atoms with van der Waals surface area (Å²) in [5, 5.41) is 1.57. The van der Waals surface area contributed by atoms with Gasteiger partial charge in [0.1, 0.15) is 17.0 Å². The zero-order chi connectivity index (χ0) is 19.7. The Labute approximate surface area is 172 Å². The van der Waals surface area contributed by atoms with Crippen LogP contribution in [-0.2, 0) is 0 Å². The van der Waals surface area contributed by atoms with Crippen LogP contribution in [-0.4, -0.2) is 56.2 Å². The van der Waals surface area contributed by atoms with Crippen molar-refractivity contribution in [3.8, 4) is 11.5 Å². The fourth-order valence-corrected chi connectivity index (χ4v) is 4.59. The van der Waals surface area contributed by atoms with Gasteiger partial charge >= 0.3 is 0 Å². The number of hydrogen-bond donors (Lipinski definition) is 0. The summed E-state index contributed by atoms with van der Waals surface area (Å²) in [6.45, 7) is 2.71. The Morgan fingerprint density at radius 3 is 2.61 bits per heavy atom. The largest absolute Gasteiger partial charge is 0.497 e. The minimum Gasteiger partial charge on any atom is -0.497 e. The number of anilines is 1. The van der Waals surface area contributed by atoms with Crippen molar-refractivity contribution in [1.29, 1.82) is 0 Å². The molecule has 0 bridgehead atoms. The van der Waals surface area contributed by atoms with Gasteiger partial charge in [-0.15, -0.1) is 0 Å².